The van der Waals surface area contributed by atoms with Gasteiger partial charge in [0.05, 0.1) is 4.75 Å². The summed E-state index contributed by atoms with van der Waals surface area (Å²) in [7, 11) is -1.83. The highest BCUT2D eigenvalue weighted by atomic mass is 32.2. The van der Waals surface area contributed by atoms with Crippen molar-refractivity contribution in [1.82, 2.24) is 14.9 Å². The summed E-state index contributed by atoms with van der Waals surface area (Å²) in [5.41, 5.74) is -1.19. The van der Waals surface area contributed by atoms with E-state index >= 15 is 0 Å². The molecule has 0 radical (unpaired) electrons. The van der Waals surface area contributed by atoms with Gasteiger partial charge in [-0.1, -0.05) is 26.0 Å². The number of alkyl halides is 1. The van der Waals surface area contributed by atoms with Crippen molar-refractivity contribution in [2.75, 3.05) is 13.2 Å². The molecule has 1 unspecified atom stereocenters. The van der Waals surface area contributed by atoms with E-state index in [1.165, 1.54) is 0 Å². The normalized spacial score (nSPS) is 38.1. The van der Waals surface area contributed by atoms with E-state index in [0.717, 1.165) is 25.7 Å². The van der Waals surface area contributed by atoms with Gasteiger partial charge in [-0.25, -0.2) is 8.60 Å². The highest BCUT2D eigenvalue weighted by molar-refractivity contribution is 7.85. The molecule has 1 saturated heterocycles. The Labute approximate surface area is 197 Å². The highest BCUT2D eigenvalue weighted by Gasteiger charge is 2.62. The number of carbonyl (C=O) groups is 3. The number of amides is 3. The van der Waals surface area contributed by atoms with Crippen LogP contribution in [0.5, 0.6) is 0 Å². The lowest BCUT2D eigenvalue weighted by Crippen LogP contribution is -2.56. The van der Waals surface area contributed by atoms with Crippen LogP contribution >= 0.6 is 0 Å². The average Bonchev–Trinajstić information content (AvgIpc) is 3.64. The van der Waals surface area contributed by atoms with Gasteiger partial charge in [0.1, 0.15) is 29.2 Å². The van der Waals surface area contributed by atoms with Crippen molar-refractivity contribution in [3.63, 3.8) is 0 Å². The molecule has 0 spiro atoms. The second-order valence-corrected chi connectivity index (χ2v) is 12.3. The summed E-state index contributed by atoms with van der Waals surface area (Å²) < 4.78 is 27.5. The molecule has 4 aliphatic rings. The largest absolute Gasteiger partial charge is 0.339 e. The van der Waals surface area contributed by atoms with Crippen LogP contribution in [0.15, 0.2) is 12.2 Å². The summed E-state index contributed by atoms with van der Waals surface area (Å²) in [6.45, 7) is 4.09. The third-order valence-corrected chi connectivity index (χ3v) is 9.47. The first-order chi connectivity index (χ1) is 15.7. The fraction of sp³-hybridized carbons (Fsp3) is 0.792. The predicted molar refractivity (Wildman–Crippen MR) is 124 cm³/mol. The summed E-state index contributed by atoms with van der Waals surface area (Å²) in [4.78, 5) is 41.1. The number of rotatable bonds is 4. The van der Waals surface area contributed by atoms with Gasteiger partial charge in [-0.15, -0.1) is 0 Å². The number of nitrogens with one attached hydrogen (secondary N) is 2. The van der Waals surface area contributed by atoms with Crippen molar-refractivity contribution in [3.8, 4) is 0 Å². The quantitative estimate of drug-likeness (QED) is 0.603. The maximum atomic E-state index is 13.3. The fourth-order valence-electron chi connectivity index (χ4n) is 5.36. The third-order valence-electron chi connectivity index (χ3n) is 7.79. The smallest absolute Gasteiger partial charge is 0.258 e. The Hall–Kier alpha value is -1.77. The molecule has 6 atom stereocenters. The molecule has 0 bridgehead atoms. The van der Waals surface area contributed by atoms with Crippen LogP contribution in [-0.2, 0) is 25.4 Å². The van der Waals surface area contributed by atoms with E-state index in [4.69, 9.17) is 0 Å². The lowest BCUT2D eigenvalue weighted by Gasteiger charge is -2.28. The zero-order chi connectivity index (χ0) is 23.8. The molecule has 2 aliphatic heterocycles. The van der Waals surface area contributed by atoms with E-state index in [1.54, 1.807) is 4.90 Å². The summed E-state index contributed by atoms with van der Waals surface area (Å²) in [6.07, 6.45) is 9.94. The van der Waals surface area contributed by atoms with Gasteiger partial charge in [0.2, 0.25) is 11.8 Å². The molecule has 2 saturated carbocycles. The number of hydrogen-bond donors (Lipinski definition) is 2. The van der Waals surface area contributed by atoms with Crippen LogP contribution in [0.1, 0.15) is 71.6 Å². The van der Waals surface area contributed by atoms with Gasteiger partial charge in [-0.3, -0.25) is 19.1 Å². The van der Waals surface area contributed by atoms with Gasteiger partial charge in [-0.05, 0) is 63.2 Å². The molecule has 0 aromatic heterocycles. The second-order valence-electron chi connectivity index (χ2n) is 10.7. The monoisotopic (exact) mass is 481 g/mol. The number of halogens is 1. The molecule has 0 aromatic rings. The van der Waals surface area contributed by atoms with Gasteiger partial charge in [0.25, 0.3) is 5.91 Å². The molecule has 3 fully saturated rings. The Bertz CT molecular complexity index is 861. The van der Waals surface area contributed by atoms with Crippen molar-refractivity contribution in [1.29, 1.82) is 0 Å². The molecule has 4 rings (SSSR count). The summed E-state index contributed by atoms with van der Waals surface area (Å²) in [5, 5.41) is 2.92. The van der Waals surface area contributed by atoms with Gasteiger partial charge in [0, 0.05) is 18.9 Å². The summed E-state index contributed by atoms with van der Waals surface area (Å²) in [6, 6.07) is -0.590. The van der Waals surface area contributed by atoms with Crippen LogP contribution in [0.2, 0.25) is 0 Å². The number of carbonyl (C=O) groups excluding carboxylic acids is 3. The molecule has 2 N–H and O–H groups in total. The lowest BCUT2D eigenvalue weighted by molar-refractivity contribution is -0.140. The molecule has 0 aromatic carbocycles. The molecule has 2 heterocycles. The molecule has 184 valence electrons. The van der Waals surface area contributed by atoms with Crippen LogP contribution in [-0.4, -0.2) is 56.4 Å². The van der Waals surface area contributed by atoms with Crippen LogP contribution < -0.4 is 10.0 Å². The maximum Gasteiger partial charge on any atom is 0.258 e. The number of fused-ring (bicyclic) bond motifs is 2. The van der Waals surface area contributed by atoms with Crippen molar-refractivity contribution < 1.29 is 23.0 Å². The van der Waals surface area contributed by atoms with E-state index < -0.39 is 39.9 Å². The molecule has 2 aliphatic carbocycles. The summed E-state index contributed by atoms with van der Waals surface area (Å²) in [5.74, 6) is -0.348. The standard InChI is InChI=1S/C24H36FN3O4S/c1-16-6-3-4-7-18-14-24(18,22(31)27-33(32)23(15-25)9-10-23)26-21(30)19-8-5-11-28(19)20(29)13-17(2)12-16/h4,7,16-19H,3,5-6,8-15H2,1-2H3,(H,26,30)(H,27,31)/b7-4-/t16-,17-,18-,19+,24-,33?/m1/s1. The second kappa shape index (κ2) is 9.47. The van der Waals surface area contributed by atoms with Gasteiger partial charge >= 0.3 is 0 Å². The Kier molecular flexibility index (Phi) is 6.99. The Morgan fingerprint density at radius 2 is 2.03 bits per heavy atom. The Balaban J connectivity index is 1.54. The molecule has 9 heteroatoms. The van der Waals surface area contributed by atoms with E-state index in [2.05, 4.69) is 30.0 Å². The van der Waals surface area contributed by atoms with Crippen LogP contribution in [0.4, 0.5) is 4.39 Å². The highest BCUT2D eigenvalue weighted by Crippen LogP contribution is 2.47. The minimum atomic E-state index is -1.83. The molecule has 33 heavy (non-hydrogen) atoms. The first kappa shape index (κ1) is 24.4. The van der Waals surface area contributed by atoms with E-state index in [-0.39, 0.29) is 23.7 Å². The molecule has 7 nitrogen and oxygen atoms in total. The zero-order valence-corrected chi connectivity index (χ0v) is 20.4. The van der Waals surface area contributed by atoms with Crippen molar-refractivity contribution >= 4 is 28.7 Å². The lowest BCUT2D eigenvalue weighted by atomic mass is 9.91. The number of allylic oxidation sites excluding steroid dienone is 1. The van der Waals surface area contributed by atoms with E-state index in [0.29, 0.717) is 44.6 Å². The average molecular weight is 482 g/mol. The molecular formula is C24H36FN3O4S. The molecular weight excluding hydrogens is 445 g/mol. The number of nitrogens with zero attached hydrogens (tertiary/aromatic N) is 1. The van der Waals surface area contributed by atoms with Crippen molar-refractivity contribution in [2.45, 2.75) is 88.0 Å². The van der Waals surface area contributed by atoms with Gasteiger partial charge in [-0.2, -0.15) is 0 Å². The van der Waals surface area contributed by atoms with Crippen LogP contribution in [0.25, 0.3) is 0 Å². The van der Waals surface area contributed by atoms with E-state index in [1.807, 2.05) is 6.08 Å². The SMILES string of the molecule is C[C@@H]1CC/C=C\[C@@H]2C[C@@]2(C(=O)NS(=O)C2(CF)CC2)NC(=O)[C@@H]2CCCN2C(=O)C[C@H](C)C1. The third kappa shape index (κ3) is 5.03. The number of hydrogen-bond acceptors (Lipinski definition) is 4. The van der Waals surface area contributed by atoms with Crippen LogP contribution in [0, 0.1) is 17.8 Å². The first-order valence-electron chi connectivity index (χ1n) is 12.3. The fourth-order valence-corrected chi connectivity index (χ4v) is 6.50. The minimum absolute atomic E-state index is 0.00841. The van der Waals surface area contributed by atoms with E-state index in [9.17, 15) is 23.0 Å². The molecule has 3 amide bonds. The first-order valence-corrected chi connectivity index (χ1v) is 13.4. The van der Waals surface area contributed by atoms with Gasteiger partial charge in [0.15, 0.2) is 0 Å². The van der Waals surface area contributed by atoms with Crippen LogP contribution in [0.3, 0.4) is 0 Å². The topological polar surface area (TPSA) is 95.6 Å². The summed E-state index contributed by atoms with van der Waals surface area (Å²) >= 11 is 0. The predicted octanol–water partition coefficient (Wildman–Crippen LogP) is 2.54. The zero-order valence-electron chi connectivity index (χ0n) is 19.6. The Morgan fingerprint density at radius 1 is 1.27 bits per heavy atom. The Morgan fingerprint density at radius 3 is 2.73 bits per heavy atom. The van der Waals surface area contributed by atoms with Crippen molar-refractivity contribution in [3.05, 3.63) is 12.2 Å². The maximum absolute atomic E-state index is 13.3. The van der Waals surface area contributed by atoms with Gasteiger partial charge < -0.3 is 10.2 Å². The van der Waals surface area contributed by atoms with Crippen molar-refractivity contribution in [2.24, 2.45) is 17.8 Å². The minimum Gasteiger partial charge on any atom is -0.339 e.